The van der Waals surface area contributed by atoms with E-state index in [1.54, 1.807) is 19.5 Å². The molecular weight excluding hydrogens is 216 g/mol. The first kappa shape index (κ1) is 12.5. The van der Waals surface area contributed by atoms with Gasteiger partial charge in [0.2, 0.25) is 0 Å². The van der Waals surface area contributed by atoms with Gasteiger partial charge < -0.3 is 9.84 Å². The van der Waals surface area contributed by atoms with Gasteiger partial charge in [0, 0.05) is 25.1 Å². The van der Waals surface area contributed by atoms with Crippen molar-refractivity contribution in [2.45, 2.75) is 44.8 Å². The summed E-state index contributed by atoms with van der Waals surface area (Å²) in [4.78, 5) is 8.60. The summed E-state index contributed by atoms with van der Waals surface area (Å²) in [5.74, 6) is 1.28. The highest BCUT2D eigenvalue weighted by atomic mass is 16.5. The van der Waals surface area contributed by atoms with E-state index in [1.165, 1.54) is 32.1 Å². The highest BCUT2D eigenvalue weighted by Gasteiger charge is 2.26. The molecule has 1 aromatic heterocycles. The highest BCUT2D eigenvalue weighted by Crippen LogP contribution is 2.34. The van der Waals surface area contributed by atoms with E-state index >= 15 is 0 Å². The fourth-order valence-corrected chi connectivity index (χ4v) is 2.54. The zero-order valence-corrected chi connectivity index (χ0v) is 10.3. The first-order valence-corrected chi connectivity index (χ1v) is 6.29. The average molecular weight is 236 g/mol. The Morgan fingerprint density at radius 2 is 1.94 bits per heavy atom. The number of methoxy groups -OCH3 is 1. The van der Waals surface area contributed by atoms with Gasteiger partial charge in [0.15, 0.2) is 5.82 Å². The molecule has 17 heavy (non-hydrogen) atoms. The van der Waals surface area contributed by atoms with Gasteiger partial charge in [-0.25, -0.2) is 9.97 Å². The molecule has 0 aliphatic heterocycles. The summed E-state index contributed by atoms with van der Waals surface area (Å²) in [6, 6.07) is 0. The molecule has 1 unspecified atom stereocenters. The second kappa shape index (κ2) is 6.07. The zero-order valence-electron chi connectivity index (χ0n) is 10.3. The van der Waals surface area contributed by atoms with Crippen molar-refractivity contribution in [3.8, 4) is 0 Å². The quantitative estimate of drug-likeness (QED) is 0.871. The predicted molar refractivity (Wildman–Crippen MR) is 64.3 cm³/mol. The van der Waals surface area contributed by atoms with Crippen molar-refractivity contribution in [2.75, 3.05) is 7.11 Å². The fourth-order valence-electron chi connectivity index (χ4n) is 2.54. The van der Waals surface area contributed by atoms with Crippen LogP contribution in [0.15, 0.2) is 12.4 Å². The minimum atomic E-state index is -0.0125. The number of hydrogen-bond acceptors (Lipinski definition) is 4. The van der Waals surface area contributed by atoms with Crippen molar-refractivity contribution in [3.63, 3.8) is 0 Å². The molecule has 1 aliphatic carbocycles. The molecule has 0 radical (unpaired) electrons. The third-order valence-corrected chi connectivity index (χ3v) is 3.49. The molecule has 0 saturated heterocycles. The molecule has 1 atom stereocenters. The summed E-state index contributed by atoms with van der Waals surface area (Å²) < 4.78 is 5.56. The van der Waals surface area contributed by atoms with Crippen LogP contribution in [0.5, 0.6) is 0 Å². The van der Waals surface area contributed by atoms with E-state index in [0.717, 1.165) is 11.4 Å². The predicted octanol–water partition coefficient (Wildman–Crippen LogP) is 2.24. The van der Waals surface area contributed by atoms with Gasteiger partial charge in [-0.15, -0.1) is 0 Å². The number of hydrogen-bond donors (Lipinski definition) is 1. The standard InChI is InChI=1S/C13H20N2O2/c1-17-12(11-5-3-2-4-6-11)13-14-7-10(9-16)8-15-13/h7-8,11-12,16H,2-6,9H2,1H3. The van der Waals surface area contributed by atoms with E-state index in [2.05, 4.69) is 9.97 Å². The Hall–Kier alpha value is -1.00. The first-order chi connectivity index (χ1) is 8.35. The summed E-state index contributed by atoms with van der Waals surface area (Å²) >= 11 is 0. The van der Waals surface area contributed by atoms with Crippen LogP contribution in [0.3, 0.4) is 0 Å². The van der Waals surface area contributed by atoms with Crippen LogP contribution in [0.25, 0.3) is 0 Å². The number of ether oxygens (including phenoxy) is 1. The van der Waals surface area contributed by atoms with Crippen LogP contribution in [0, 0.1) is 5.92 Å². The van der Waals surface area contributed by atoms with Crippen molar-refractivity contribution in [1.29, 1.82) is 0 Å². The van der Waals surface area contributed by atoms with E-state index < -0.39 is 0 Å². The van der Waals surface area contributed by atoms with Gasteiger partial charge in [0.25, 0.3) is 0 Å². The summed E-state index contributed by atoms with van der Waals surface area (Å²) in [5, 5.41) is 8.96. The van der Waals surface area contributed by atoms with E-state index in [0.29, 0.717) is 5.92 Å². The fraction of sp³-hybridized carbons (Fsp3) is 0.692. The number of aliphatic hydroxyl groups excluding tert-OH is 1. The smallest absolute Gasteiger partial charge is 0.157 e. The Balaban J connectivity index is 2.10. The van der Waals surface area contributed by atoms with E-state index in [-0.39, 0.29) is 12.7 Å². The normalized spacial score (nSPS) is 19.2. The molecule has 4 nitrogen and oxygen atoms in total. The molecule has 0 spiro atoms. The lowest BCUT2D eigenvalue weighted by Gasteiger charge is -2.28. The van der Waals surface area contributed by atoms with Gasteiger partial charge in [-0.2, -0.15) is 0 Å². The van der Waals surface area contributed by atoms with Gasteiger partial charge in [-0.3, -0.25) is 0 Å². The number of aliphatic hydroxyl groups is 1. The Morgan fingerprint density at radius 3 is 2.47 bits per heavy atom. The van der Waals surface area contributed by atoms with Gasteiger partial charge in [0.05, 0.1) is 6.61 Å². The molecule has 1 saturated carbocycles. The van der Waals surface area contributed by atoms with Crippen molar-refractivity contribution in [1.82, 2.24) is 9.97 Å². The van der Waals surface area contributed by atoms with Crippen LogP contribution >= 0.6 is 0 Å². The molecule has 4 heteroatoms. The Kier molecular flexibility index (Phi) is 4.45. The molecule has 1 aromatic rings. The SMILES string of the molecule is COC(c1ncc(CO)cn1)C1CCCCC1. The number of aromatic nitrogens is 2. The van der Waals surface area contributed by atoms with Crippen LogP contribution in [0.1, 0.15) is 49.6 Å². The van der Waals surface area contributed by atoms with Crippen LogP contribution in [0.2, 0.25) is 0 Å². The molecule has 0 aromatic carbocycles. The average Bonchev–Trinajstić information content (AvgIpc) is 2.42. The molecule has 1 aliphatic rings. The molecular formula is C13H20N2O2. The van der Waals surface area contributed by atoms with E-state index in [4.69, 9.17) is 9.84 Å². The van der Waals surface area contributed by atoms with Crippen molar-refractivity contribution < 1.29 is 9.84 Å². The molecule has 1 N–H and O–H groups in total. The monoisotopic (exact) mass is 236 g/mol. The van der Waals surface area contributed by atoms with Crippen molar-refractivity contribution in [3.05, 3.63) is 23.8 Å². The van der Waals surface area contributed by atoms with E-state index in [9.17, 15) is 0 Å². The third-order valence-electron chi connectivity index (χ3n) is 3.49. The van der Waals surface area contributed by atoms with Gasteiger partial charge in [-0.1, -0.05) is 19.3 Å². The molecule has 1 fully saturated rings. The van der Waals surface area contributed by atoms with Crippen LogP contribution in [-0.2, 0) is 11.3 Å². The summed E-state index contributed by atoms with van der Waals surface area (Å²) in [7, 11) is 1.72. The maximum Gasteiger partial charge on any atom is 0.157 e. The third kappa shape index (κ3) is 3.01. The topological polar surface area (TPSA) is 55.2 Å². The second-order valence-electron chi connectivity index (χ2n) is 4.66. The van der Waals surface area contributed by atoms with Crippen molar-refractivity contribution in [2.24, 2.45) is 5.92 Å². The minimum absolute atomic E-state index is 0.00282. The number of nitrogens with zero attached hydrogens (tertiary/aromatic N) is 2. The summed E-state index contributed by atoms with van der Waals surface area (Å²) in [5.41, 5.74) is 0.743. The van der Waals surface area contributed by atoms with Crippen molar-refractivity contribution >= 4 is 0 Å². The maximum atomic E-state index is 8.96. The summed E-state index contributed by atoms with van der Waals surface area (Å²) in [6.07, 6.45) is 9.64. The highest BCUT2D eigenvalue weighted by molar-refractivity contribution is 5.05. The van der Waals surface area contributed by atoms with Crippen LogP contribution in [0.4, 0.5) is 0 Å². The van der Waals surface area contributed by atoms with Gasteiger partial charge in [0.1, 0.15) is 6.10 Å². The molecule has 2 rings (SSSR count). The minimum Gasteiger partial charge on any atom is -0.392 e. The summed E-state index contributed by atoms with van der Waals surface area (Å²) in [6.45, 7) is -0.0125. The van der Waals surface area contributed by atoms with Crippen LogP contribution < -0.4 is 0 Å². The Labute approximate surface area is 102 Å². The lowest BCUT2D eigenvalue weighted by molar-refractivity contribution is 0.0288. The first-order valence-electron chi connectivity index (χ1n) is 6.29. The Morgan fingerprint density at radius 1 is 1.29 bits per heavy atom. The molecule has 0 bridgehead atoms. The zero-order chi connectivity index (χ0) is 12.1. The van der Waals surface area contributed by atoms with E-state index in [1.807, 2.05) is 0 Å². The molecule has 94 valence electrons. The largest absolute Gasteiger partial charge is 0.392 e. The maximum absolute atomic E-state index is 8.96. The van der Waals surface area contributed by atoms with Gasteiger partial charge in [-0.05, 0) is 18.8 Å². The van der Waals surface area contributed by atoms with Gasteiger partial charge >= 0.3 is 0 Å². The molecule has 1 heterocycles. The Bertz CT molecular complexity index is 334. The lowest BCUT2D eigenvalue weighted by Crippen LogP contribution is -2.20. The molecule has 0 amide bonds. The number of rotatable bonds is 4. The lowest BCUT2D eigenvalue weighted by atomic mass is 9.85. The second-order valence-corrected chi connectivity index (χ2v) is 4.66. The van der Waals surface area contributed by atoms with Crippen LogP contribution in [-0.4, -0.2) is 22.2 Å².